The zero-order valence-corrected chi connectivity index (χ0v) is 12.8. The van der Waals surface area contributed by atoms with E-state index in [0.717, 1.165) is 0 Å². The van der Waals surface area contributed by atoms with Crippen molar-refractivity contribution in [2.75, 3.05) is 12.4 Å². The maximum Gasteiger partial charge on any atom is 0.187 e. The molecule has 0 saturated carbocycles. The first kappa shape index (κ1) is 16.3. The average molecular weight is 310 g/mol. The highest BCUT2D eigenvalue weighted by Gasteiger charge is 2.05. The summed E-state index contributed by atoms with van der Waals surface area (Å²) in [4.78, 5) is 22.9. The van der Waals surface area contributed by atoms with Crippen molar-refractivity contribution in [1.29, 1.82) is 0 Å². The van der Waals surface area contributed by atoms with E-state index in [1.165, 1.54) is 18.2 Å². The number of allylic oxidation sites excluding steroid dienone is 2. The van der Waals surface area contributed by atoms with Gasteiger partial charge in [-0.2, -0.15) is 0 Å². The number of aromatic carboxylic acids is 1. The highest BCUT2D eigenvalue weighted by molar-refractivity contribution is 6.05. The van der Waals surface area contributed by atoms with Crippen LogP contribution < -0.4 is 15.2 Å². The van der Waals surface area contributed by atoms with E-state index in [2.05, 4.69) is 5.32 Å². The summed E-state index contributed by atoms with van der Waals surface area (Å²) >= 11 is 0. The van der Waals surface area contributed by atoms with Crippen LogP contribution in [0.1, 0.15) is 27.6 Å². The Morgan fingerprint density at radius 1 is 1.09 bits per heavy atom. The first-order chi connectivity index (χ1) is 11.0. The van der Waals surface area contributed by atoms with Crippen LogP contribution in [0.25, 0.3) is 0 Å². The van der Waals surface area contributed by atoms with Gasteiger partial charge in [-0.25, -0.2) is 0 Å². The molecule has 0 amide bonds. The number of hydrogen-bond donors (Lipinski definition) is 1. The van der Waals surface area contributed by atoms with Gasteiger partial charge in [-0.3, -0.25) is 4.79 Å². The fourth-order valence-electron chi connectivity index (χ4n) is 2.01. The number of ether oxygens (including phenoxy) is 1. The topological polar surface area (TPSA) is 78.5 Å². The summed E-state index contributed by atoms with van der Waals surface area (Å²) in [5, 5.41) is 13.7. The summed E-state index contributed by atoms with van der Waals surface area (Å²) in [6.07, 6.45) is 1.47. The molecule has 2 aromatic carbocycles. The van der Waals surface area contributed by atoms with Crippen molar-refractivity contribution in [1.82, 2.24) is 0 Å². The predicted molar refractivity (Wildman–Crippen MR) is 85.5 cm³/mol. The first-order valence-corrected chi connectivity index (χ1v) is 6.94. The van der Waals surface area contributed by atoms with Gasteiger partial charge in [-0.05, 0) is 36.8 Å². The Kier molecular flexibility index (Phi) is 5.15. The summed E-state index contributed by atoms with van der Waals surface area (Å²) in [5.41, 5.74) is 1.95. The smallest absolute Gasteiger partial charge is 0.187 e. The Labute approximate surface area is 134 Å². The molecule has 0 atom stereocenters. The minimum Gasteiger partial charge on any atom is -0.545 e. The second kappa shape index (κ2) is 7.26. The van der Waals surface area contributed by atoms with E-state index in [0.29, 0.717) is 22.7 Å². The van der Waals surface area contributed by atoms with Crippen LogP contribution in [0.15, 0.2) is 60.3 Å². The zero-order valence-electron chi connectivity index (χ0n) is 12.8. The van der Waals surface area contributed by atoms with E-state index in [9.17, 15) is 14.7 Å². The largest absolute Gasteiger partial charge is 0.545 e. The quantitative estimate of drug-likeness (QED) is 0.654. The molecule has 0 aliphatic heterocycles. The van der Waals surface area contributed by atoms with E-state index in [1.54, 1.807) is 50.4 Å². The molecule has 0 bridgehead atoms. The maximum atomic E-state index is 12.2. The number of ketones is 1. The number of hydrogen-bond acceptors (Lipinski definition) is 5. The Morgan fingerprint density at radius 2 is 1.78 bits per heavy atom. The highest BCUT2D eigenvalue weighted by atomic mass is 16.5. The van der Waals surface area contributed by atoms with Gasteiger partial charge in [0.1, 0.15) is 5.75 Å². The van der Waals surface area contributed by atoms with Gasteiger partial charge in [0.15, 0.2) is 5.78 Å². The molecule has 23 heavy (non-hydrogen) atoms. The summed E-state index contributed by atoms with van der Waals surface area (Å²) in [7, 11) is 1.54. The predicted octanol–water partition coefficient (Wildman–Crippen LogP) is 2.26. The summed E-state index contributed by atoms with van der Waals surface area (Å²) in [6, 6.07) is 13.0. The lowest BCUT2D eigenvalue weighted by Crippen LogP contribution is -2.21. The lowest BCUT2D eigenvalue weighted by molar-refractivity contribution is -0.255. The molecule has 2 aromatic rings. The summed E-state index contributed by atoms with van der Waals surface area (Å²) in [5.74, 6) is -0.759. The SMILES string of the molecule is COc1cccc(C(=O)/C=C(\C)Nc2ccc(C(=O)[O-])cc2)c1. The van der Waals surface area contributed by atoms with Crippen molar-refractivity contribution in [2.45, 2.75) is 6.92 Å². The van der Waals surface area contributed by atoms with Gasteiger partial charge in [-0.15, -0.1) is 0 Å². The van der Waals surface area contributed by atoms with Crippen molar-refractivity contribution < 1.29 is 19.4 Å². The van der Waals surface area contributed by atoms with E-state index >= 15 is 0 Å². The van der Waals surface area contributed by atoms with Crippen molar-refractivity contribution in [3.8, 4) is 5.75 Å². The van der Waals surface area contributed by atoms with E-state index in [4.69, 9.17) is 4.74 Å². The third-order valence-corrected chi connectivity index (χ3v) is 3.16. The molecule has 0 radical (unpaired) electrons. The molecule has 0 spiro atoms. The van der Waals surface area contributed by atoms with Gasteiger partial charge >= 0.3 is 0 Å². The molecular weight excluding hydrogens is 294 g/mol. The van der Waals surface area contributed by atoms with E-state index in [-0.39, 0.29) is 11.3 Å². The van der Waals surface area contributed by atoms with Crippen LogP contribution in [0.5, 0.6) is 5.75 Å². The van der Waals surface area contributed by atoms with Crippen LogP contribution in [-0.4, -0.2) is 18.9 Å². The molecule has 1 N–H and O–H groups in total. The monoisotopic (exact) mass is 310 g/mol. The molecule has 5 heteroatoms. The Bertz CT molecular complexity index is 748. The minimum absolute atomic E-state index is 0.102. The van der Waals surface area contributed by atoms with Gasteiger partial charge < -0.3 is 20.0 Å². The number of anilines is 1. The van der Waals surface area contributed by atoms with Crippen LogP contribution in [-0.2, 0) is 0 Å². The van der Waals surface area contributed by atoms with Crippen molar-refractivity contribution >= 4 is 17.4 Å². The average Bonchev–Trinajstić information content (AvgIpc) is 2.55. The van der Waals surface area contributed by atoms with Crippen LogP contribution >= 0.6 is 0 Å². The highest BCUT2D eigenvalue weighted by Crippen LogP contribution is 2.15. The number of nitrogens with one attached hydrogen (secondary N) is 1. The second-order valence-corrected chi connectivity index (χ2v) is 4.91. The lowest BCUT2D eigenvalue weighted by atomic mass is 10.1. The molecule has 0 saturated heterocycles. The Hall–Kier alpha value is -3.08. The number of carbonyl (C=O) groups is 2. The van der Waals surface area contributed by atoms with Crippen LogP contribution in [0.4, 0.5) is 5.69 Å². The number of benzene rings is 2. The maximum absolute atomic E-state index is 12.2. The van der Waals surface area contributed by atoms with E-state index < -0.39 is 5.97 Å². The van der Waals surface area contributed by atoms with Crippen molar-refractivity contribution in [2.24, 2.45) is 0 Å². The molecule has 0 fully saturated rings. The third-order valence-electron chi connectivity index (χ3n) is 3.16. The van der Waals surface area contributed by atoms with Gasteiger partial charge in [-0.1, -0.05) is 24.3 Å². The van der Waals surface area contributed by atoms with Crippen LogP contribution in [0.3, 0.4) is 0 Å². The van der Waals surface area contributed by atoms with Gasteiger partial charge in [0, 0.05) is 23.0 Å². The van der Waals surface area contributed by atoms with Gasteiger partial charge in [0.05, 0.1) is 13.1 Å². The first-order valence-electron chi connectivity index (χ1n) is 6.94. The Morgan fingerprint density at radius 3 is 2.39 bits per heavy atom. The number of carboxylic acids is 1. The van der Waals surface area contributed by atoms with Crippen LogP contribution in [0.2, 0.25) is 0 Å². The molecule has 118 valence electrons. The lowest BCUT2D eigenvalue weighted by Gasteiger charge is -2.08. The molecular formula is C18H16NO4-. The minimum atomic E-state index is -1.22. The van der Waals surface area contributed by atoms with Crippen LogP contribution in [0, 0.1) is 0 Å². The zero-order chi connectivity index (χ0) is 16.8. The fraction of sp³-hybridized carbons (Fsp3) is 0.111. The number of methoxy groups -OCH3 is 1. The molecule has 0 aliphatic rings. The van der Waals surface area contributed by atoms with Gasteiger partial charge in [0.2, 0.25) is 0 Å². The summed E-state index contributed by atoms with van der Waals surface area (Å²) in [6.45, 7) is 1.75. The second-order valence-electron chi connectivity index (χ2n) is 4.91. The number of carbonyl (C=O) groups excluding carboxylic acids is 2. The fourth-order valence-corrected chi connectivity index (χ4v) is 2.01. The molecule has 0 aromatic heterocycles. The molecule has 0 unspecified atom stereocenters. The standard InChI is InChI=1S/C18H17NO4/c1-12(19-15-8-6-13(7-9-15)18(21)22)10-17(20)14-4-3-5-16(11-14)23-2/h3-11,19H,1-2H3,(H,21,22)/p-1/b12-10+. The molecule has 0 aliphatic carbocycles. The number of carboxylic acid groups (broad SMARTS) is 1. The molecule has 0 heterocycles. The normalized spacial score (nSPS) is 11.0. The van der Waals surface area contributed by atoms with Crippen molar-refractivity contribution in [3.05, 3.63) is 71.4 Å². The summed E-state index contributed by atoms with van der Waals surface area (Å²) < 4.78 is 5.09. The molecule has 5 nitrogen and oxygen atoms in total. The molecule has 2 rings (SSSR count). The van der Waals surface area contributed by atoms with E-state index in [1.807, 2.05) is 0 Å². The Balaban J connectivity index is 2.09. The third kappa shape index (κ3) is 4.44. The number of rotatable bonds is 6. The van der Waals surface area contributed by atoms with Gasteiger partial charge in [0.25, 0.3) is 0 Å². The van der Waals surface area contributed by atoms with Crippen molar-refractivity contribution in [3.63, 3.8) is 0 Å².